The Morgan fingerprint density at radius 3 is 2.89 bits per heavy atom. The molecule has 3 nitrogen and oxygen atoms in total. The number of aliphatic imine (C=N–C) groups is 1. The van der Waals surface area contributed by atoms with E-state index in [0.29, 0.717) is 12.5 Å². The molecule has 0 amide bonds. The zero-order valence-corrected chi connectivity index (χ0v) is 12.3. The van der Waals surface area contributed by atoms with Gasteiger partial charge in [-0.15, -0.1) is 11.3 Å². The number of halogens is 1. The molecule has 0 saturated heterocycles. The lowest BCUT2D eigenvalue weighted by atomic mass is 10.2. The monoisotopic (exact) mass is 293 g/mol. The minimum atomic E-state index is 0.438. The van der Waals surface area contributed by atoms with E-state index in [4.69, 9.17) is 17.3 Å². The summed E-state index contributed by atoms with van der Waals surface area (Å²) in [5.41, 5.74) is 7.99. The van der Waals surface area contributed by atoms with Crippen molar-refractivity contribution in [3.8, 4) is 0 Å². The van der Waals surface area contributed by atoms with Gasteiger partial charge in [0, 0.05) is 23.5 Å². The van der Waals surface area contributed by atoms with Gasteiger partial charge in [0.1, 0.15) is 0 Å². The average Bonchev–Trinajstić information content (AvgIpc) is 2.75. The zero-order chi connectivity index (χ0) is 13.7. The largest absolute Gasteiger partial charge is 0.370 e. The predicted octanol–water partition coefficient (Wildman–Crippen LogP) is 3.68. The number of nitrogens with one attached hydrogen (secondary N) is 1. The molecule has 100 valence electrons. The molecule has 0 fully saturated rings. The first-order valence-corrected chi connectivity index (χ1v) is 7.21. The van der Waals surface area contributed by atoms with E-state index < -0.39 is 0 Å². The Kier molecular flexibility index (Phi) is 4.82. The lowest BCUT2D eigenvalue weighted by molar-refractivity contribution is 0.983. The maximum Gasteiger partial charge on any atom is 0.193 e. The number of benzene rings is 1. The van der Waals surface area contributed by atoms with Crippen LogP contribution >= 0.6 is 22.9 Å². The summed E-state index contributed by atoms with van der Waals surface area (Å²) in [6.07, 6.45) is 0.855. The molecule has 0 atom stereocenters. The molecule has 2 rings (SSSR count). The third-order valence-corrected chi connectivity index (χ3v) is 3.85. The highest BCUT2D eigenvalue weighted by Crippen LogP contribution is 2.21. The van der Waals surface area contributed by atoms with Gasteiger partial charge in [-0.05, 0) is 36.8 Å². The molecule has 5 heteroatoms. The van der Waals surface area contributed by atoms with Crippen LogP contribution in [0.4, 0.5) is 5.69 Å². The van der Waals surface area contributed by atoms with Crippen LogP contribution in [0.1, 0.15) is 10.4 Å². The lowest BCUT2D eigenvalue weighted by Crippen LogP contribution is -2.23. The molecule has 0 aliphatic carbocycles. The number of aryl methyl sites for hydroxylation is 1. The number of rotatable bonds is 4. The number of anilines is 1. The highest BCUT2D eigenvalue weighted by molar-refractivity contribution is 7.16. The summed E-state index contributed by atoms with van der Waals surface area (Å²) in [7, 11) is 0. The molecule has 1 aromatic carbocycles. The van der Waals surface area contributed by atoms with Crippen LogP contribution in [0.25, 0.3) is 0 Å². The Bertz CT molecular complexity index is 578. The quantitative estimate of drug-likeness (QED) is 0.667. The van der Waals surface area contributed by atoms with Gasteiger partial charge in [-0.3, -0.25) is 4.99 Å². The Balaban J connectivity index is 1.85. The van der Waals surface area contributed by atoms with Gasteiger partial charge in [-0.2, -0.15) is 0 Å². The Morgan fingerprint density at radius 1 is 1.37 bits per heavy atom. The van der Waals surface area contributed by atoms with Crippen LogP contribution < -0.4 is 11.1 Å². The van der Waals surface area contributed by atoms with Crippen molar-refractivity contribution >= 4 is 34.6 Å². The van der Waals surface area contributed by atoms with Crippen molar-refractivity contribution in [3.05, 3.63) is 51.2 Å². The van der Waals surface area contributed by atoms with Crippen LogP contribution in [-0.2, 0) is 6.42 Å². The average molecular weight is 294 g/mol. The highest BCUT2D eigenvalue weighted by Gasteiger charge is 1.98. The fraction of sp³-hybridized carbons (Fsp3) is 0.214. The van der Waals surface area contributed by atoms with Crippen molar-refractivity contribution < 1.29 is 0 Å². The lowest BCUT2D eigenvalue weighted by Gasteiger charge is -2.06. The van der Waals surface area contributed by atoms with Gasteiger partial charge < -0.3 is 11.1 Å². The van der Waals surface area contributed by atoms with E-state index in [1.165, 1.54) is 10.4 Å². The molecule has 0 aliphatic heterocycles. The summed E-state index contributed by atoms with van der Waals surface area (Å²) in [6, 6.07) is 11.9. The Morgan fingerprint density at radius 2 is 2.21 bits per heavy atom. The number of hydrogen-bond donors (Lipinski definition) is 2. The van der Waals surface area contributed by atoms with Crippen LogP contribution in [0.15, 0.2) is 41.4 Å². The molecular formula is C14H16ClN3S. The standard InChI is InChI=1S/C14H16ClN3S/c1-10-3-2-4-11(9-10)18-14(16)17-8-7-12-5-6-13(15)19-12/h2-6,9H,7-8H2,1H3,(H3,16,17,18). The van der Waals surface area contributed by atoms with E-state index in [0.717, 1.165) is 16.4 Å². The summed E-state index contributed by atoms with van der Waals surface area (Å²) in [6.45, 7) is 2.69. The maximum atomic E-state index is 5.87. The molecule has 3 N–H and O–H groups in total. The Hall–Kier alpha value is -1.52. The van der Waals surface area contributed by atoms with Crippen molar-refractivity contribution in [1.82, 2.24) is 0 Å². The van der Waals surface area contributed by atoms with Crippen LogP contribution in [-0.4, -0.2) is 12.5 Å². The van der Waals surface area contributed by atoms with E-state index in [1.807, 2.05) is 43.3 Å². The molecule has 19 heavy (non-hydrogen) atoms. The number of nitrogens with two attached hydrogens (primary N) is 1. The van der Waals surface area contributed by atoms with E-state index >= 15 is 0 Å². The minimum Gasteiger partial charge on any atom is -0.370 e. The summed E-state index contributed by atoms with van der Waals surface area (Å²) in [5, 5.41) is 3.08. The zero-order valence-electron chi connectivity index (χ0n) is 10.7. The van der Waals surface area contributed by atoms with E-state index in [-0.39, 0.29) is 0 Å². The van der Waals surface area contributed by atoms with Gasteiger partial charge in [0.05, 0.1) is 4.34 Å². The van der Waals surface area contributed by atoms with Crippen LogP contribution in [0.5, 0.6) is 0 Å². The van der Waals surface area contributed by atoms with Gasteiger partial charge in [-0.1, -0.05) is 23.7 Å². The fourth-order valence-electron chi connectivity index (χ4n) is 1.68. The van der Waals surface area contributed by atoms with Crippen molar-refractivity contribution in [1.29, 1.82) is 0 Å². The van der Waals surface area contributed by atoms with Gasteiger partial charge >= 0.3 is 0 Å². The molecule has 1 heterocycles. The molecule has 1 aromatic heterocycles. The Labute approximate surface area is 122 Å². The van der Waals surface area contributed by atoms with Crippen LogP contribution in [0, 0.1) is 6.92 Å². The van der Waals surface area contributed by atoms with Gasteiger partial charge in [0.25, 0.3) is 0 Å². The summed E-state index contributed by atoms with van der Waals surface area (Å²) in [4.78, 5) is 5.52. The second-order valence-corrected chi connectivity index (χ2v) is 6.02. The van der Waals surface area contributed by atoms with Crippen molar-refractivity contribution in [2.45, 2.75) is 13.3 Å². The predicted molar refractivity (Wildman–Crippen MR) is 84.3 cm³/mol. The molecule has 0 saturated carbocycles. The number of guanidine groups is 1. The van der Waals surface area contributed by atoms with Gasteiger partial charge in [-0.25, -0.2) is 0 Å². The maximum absolute atomic E-state index is 5.87. The molecule has 0 aliphatic rings. The third kappa shape index (κ3) is 4.58. The smallest absolute Gasteiger partial charge is 0.193 e. The normalized spacial score (nSPS) is 11.6. The first-order chi connectivity index (χ1) is 9.13. The van der Waals surface area contributed by atoms with Crippen LogP contribution in [0.3, 0.4) is 0 Å². The minimum absolute atomic E-state index is 0.438. The third-order valence-electron chi connectivity index (χ3n) is 2.56. The number of thiophene rings is 1. The molecule has 0 radical (unpaired) electrons. The molecule has 0 bridgehead atoms. The van der Waals surface area contributed by atoms with E-state index in [2.05, 4.69) is 10.3 Å². The van der Waals surface area contributed by atoms with E-state index in [1.54, 1.807) is 11.3 Å². The summed E-state index contributed by atoms with van der Waals surface area (Å²) in [5.74, 6) is 0.438. The van der Waals surface area contributed by atoms with Gasteiger partial charge in [0.15, 0.2) is 5.96 Å². The molecule has 0 unspecified atom stereocenters. The summed E-state index contributed by atoms with van der Waals surface area (Å²) >= 11 is 7.45. The van der Waals surface area contributed by atoms with E-state index in [9.17, 15) is 0 Å². The molecule has 0 spiro atoms. The van der Waals surface area contributed by atoms with Gasteiger partial charge in [0.2, 0.25) is 0 Å². The second-order valence-electron chi connectivity index (χ2n) is 4.22. The topological polar surface area (TPSA) is 50.4 Å². The first-order valence-electron chi connectivity index (χ1n) is 6.01. The molecular weight excluding hydrogens is 278 g/mol. The number of hydrogen-bond acceptors (Lipinski definition) is 2. The van der Waals surface area contributed by atoms with Crippen LogP contribution in [0.2, 0.25) is 4.34 Å². The SMILES string of the molecule is Cc1cccc(NC(N)=NCCc2ccc(Cl)s2)c1. The second kappa shape index (κ2) is 6.59. The fourth-order valence-corrected chi connectivity index (χ4v) is 2.76. The summed E-state index contributed by atoms with van der Waals surface area (Å²) < 4.78 is 0.810. The van der Waals surface area contributed by atoms with Crippen molar-refractivity contribution in [2.24, 2.45) is 10.7 Å². The number of nitrogens with zero attached hydrogens (tertiary/aromatic N) is 1. The highest BCUT2D eigenvalue weighted by atomic mass is 35.5. The molecule has 2 aromatic rings. The van der Waals surface area contributed by atoms with Crippen molar-refractivity contribution in [2.75, 3.05) is 11.9 Å². The first kappa shape index (κ1) is 13.9. The van der Waals surface area contributed by atoms with Crippen molar-refractivity contribution in [3.63, 3.8) is 0 Å².